The maximum absolute atomic E-state index is 11.8. The highest BCUT2D eigenvalue weighted by molar-refractivity contribution is 9.10. The smallest absolute Gasteiger partial charge is 0.326 e. The third kappa shape index (κ3) is 3.88. The second kappa shape index (κ2) is 7.61. The summed E-state index contributed by atoms with van der Waals surface area (Å²) in [5.41, 5.74) is 0.970. The van der Waals surface area contributed by atoms with Crippen LogP contribution in [0.3, 0.4) is 0 Å². The second-order valence-electron chi connectivity index (χ2n) is 5.81. The number of rotatable bonds is 6. The lowest BCUT2D eigenvalue weighted by Crippen LogP contribution is -2.22. The second-order valence-corrected chi connectivity index (χ2v) is 6.66. The van der Waals surface area contributed by atoms with Crippen molar-refractivity contribution < 1.29 is 19.4 Å². The zero-order valence-electron chi connectivity index (χ0n) is 13.8. The number of ether oxygens (including phenoxy) is 1. The van der Waals surface area contributed by atoms with Crippen LogP contribution in [0.1, 0.15) is 18.4 Å². The predicted octanol–water partition coefficient (Wildman–Crippen LogP) is 4.01. The molecule has 1 heterocycles. The summed E-state index contributed by atoms with van der Waals surface area (Å²) in [4.78, 5) is 23.1. The molecule has 3 N–H and O–H groups in total. The van der Waals surface area contributed by atoms with Gasteiger partial charge in [0.25, 0.3) is 5.91 Å². The van der Waals surface area contributed by atoms with Crippen molar-refractivity contribution in [1.29, 1.82) is 0 Å². The van der Waals surface area contributed by atoms with Gasteiger partial charge in [0.2, 0.25) is 0 Å². The molecule has 26 heavy (non-hydrogen) atoms. The molecule has 1 aliphatic heterocycles. The molecule has 1 aliphatic rings. The molecular formula is C19H17BrN2O4. The largest absolute Gasteiger partial charge is 0.513 e. The zero-order chi connectivity index (χ0) is 18.7. The van der Waals surface area contributed by atoms with Crippen LogP contribution in [0.25, 0.3) is 16.8 Å². The molecule has 7 heteroatoms. The minimum Gasteiger partial charge on any atom is -0.513 e. The van der Waals surface area contributed by atoms with Gasteiger partial charge in [0, 0.05) is 11.8 Å². The number of nitrogens with one attached hydrogen (secondary N) is 2. The Morgan fingerprint density at radius 2 is 1.96 bits per heavy atom. The number of aliphatic hydroxyl groups excluding tert-OH is 1. The van der Waals surface area contributed by atoms with Crippen molar-refractivity contribution in [2.24, 2.45) is 0 Å². The van der Waals surface area contributed by atoms with Crippen molar-refractivity contribution in [2.45, 2.75) is 12.8 Å². The number of halogens is 1. The molecule has 0 aromatic heterocycles. The van der Waals surface area contributed by atoms with E-state index in [-0.39, 0.29) is 11.5 Å². The van der Waals surface area contributed by atoms with Crippen molar-refractivity contribution in [3.05, 3.63) is 58.4 Å². The predicted molar refractivity (Wildman–Crippen MR) is 103 cm³/mol. The van der Waals surface area contributed by atoms with E-state index in [0.29, 0.717) is 25.2 Å². The number of allylic oxidation sites excluding steroid dienone is 1. The van der Waals surface area contributed by atoms with Crippen LogP contribution in [-0.4, -0.2) is 23.7 Å². The van der Waals surface area contributed by atoms with Crippen LogP contribution in [-0.2, 0) is 4.79 Å². The lowest BCUT2D eigenvalue weighted by atomic mass is 10.0. The SMILES string of the molecule is C=C(O)CCCOc1c(Br)cc(/C=C2\NC(=O)NC2=O)c2ccccc12. The van der Waals surface area contributed by atoms with E-state index in [1.807, 2.05) is 30.3 Å². The molecule has 0 saturated carbocycles. The third-order valence-corrected chi connectivity index (χ3v) is 4.45. The fourth-order valence-electron chi connectivity index (χ4n) is 2.70. The molecule has 0 unspecified atom stereocenters. The van der Waals surface area contributed by atoms with Crippen LogP contribution < -0.4 is 15.4 Å². The Morgan fingerprint density at radius 3 is 2.62 bits per heavy atom. The standard InChI is InChI=1S/C19H17BrN2O4/c1-11(23)5-4-8-26-17-14-7-3-2-6-13(14)12(9-15(17)20)10-16-18(24)22-19(25)21-16/h2-3,6-7,9-10,23H,1,4-5,8H2,(H2,21,22,24,25)/b16-10-. The summed E-state index contributed by atoms with van der Waals surface area (Å²) in [6.07, 6.45) is 2.76. The molecule has 3 amide bonds. The van der Waals surface area contributed by atoms with Crippen molar-refractivity contribution >= 4 is 44.7 Å². The van der Waals surface area contributed by atoms with E-state index < -0.39 is 11.9 Å². The Labute approximate surface area is 158 Å². The molecule has 2 aromatic rings. The highest BCUT2D eigenvalue weighted by atomic mass is 79.9. The minimum atomic E-state index is -0.532. The topological polar surface area (TPSA) is 87.7 Å². The first-order valence-electron chi connectivity index (χ1n) is 8.00. The Hall–Kier alpha value is -2.80. The Morgan fingerprint density at radius 1 is 1.23 bits per heavy atom. The van der Waals surface area contributed by atoms with Gasteiger partial charge in [-0.3, -0.25) is 10.1 Å². The number of fused-ring (bicyclic) bond motifs is 1. The van der Waals surface area contributed by atoms with Crippen molar-refractivity contribution in [3.63, 3.8) is 0 Å². The van der Waals surface area contributed by atoms with E-state index in [1.54, 1.807) is 6.08 Å². The zero-order valence-corrected chi connectivity index (χ0v) is 15.4. The molecule has 0 radical (unpaired) electrons. The minimum absolute atomic E-state index is 0.136. The Kier molecular flexibility index (Phi) is 5.27. The van der Waals surface area contributed by atoms with Gasteiger partial charge in [-0.25, -0.2) is 4.79 Å². The van der Waals surface area contributed by atoms with Gasteiger partial charge < -0.3 is 15.2 Å². The lowest BCUT2D eigenvalue weighted by molar-refractivity contribution is -0.115. The first-order chi connectivity index (χ1) is 12.5. The van der Waals surface area contributed by atoms with Gasteiger partial charge in [-0.1, -0.05) is 30.8 Å². The van der Waals surface area contributed by atoms with Crippen LogP contribution in [0.2, 0.25) is 0 Å². The van der Waals surface area contributed by atoms with Gasteiger partial charge in [0.15, 0.2) is 0 Å². The Bertz CT molecular complexity index is 937. The molecule has 0 spiro atoms. The van der Waals surface area contributed by atoms with Gasteiger partial charge >= 0.3 is 6.03 Å². The number of aliphatic hydroxyl groups is 1. The van der Waals surface area contributed by atoms with Gasteiger partial charge in [0.05, 0.1) is 16.8 Å². The molecule has 1 fully saturated rings. The summed E-state index contributed by atoms with van der Waals surface area (Å²) in [6.45, 7) is 3.89. The highest BCUT2D eigenvalue weighted by Crippen LogP contribution is 2.37. The maximum atomic E-state index is 11.8. The summed E-state index contributed by atoms with van der Waals surface area (Å²) >= 11 is 3.52. The number of carbonyl (C=O) groups excluding carboxylic acids is 2. The van der Waals surface area contributed by atoms with E-state index >= 15 is 0 Å². The van der Waals surface area contributed by atoms with Gasteiger partial charge in [-0.15, -0.1) is 0 Å². The van der Waals surface area contributed by atoms with E-state index in [1.165, 1.54) is 0 Å². The van der Waals surface area contributed by atoms with E-state index in [0.717, 1.165) is 20.8 Å². The normalized spacial score (nSPS) is 15.2. The number of benzene rings is 2. The molecule has 0 aliphatic carbocycles. The number of urea groups is 1. The van der Waals surface area contributed by atoms with E-state index in [9.17, 15) is 9.59 Å². The van der Waals surface area contributed by atoms with Gasteiger partial charge in [-0.05, 0) is 45.4 Å². The molecule has 134 valence electrons. The molecule has 6 nitrogen and oxygen atoms in total. The van der Waals surface area contributed by atoms with E-state index in [2.05, 4.69) is 33.1 Å². The summed E-state index contributed by atoms with van der Waals surface area (Å²) in [6, 6.07) is 8.95. The van der Waals surface area contributed by atoms with Crippen molar-refractivity contribution in [1.82, 2.24) is 10.6 Å². The summed E-state index contributed by atoms with van der Waals surface area (Å²) in [5, 5.41) is 15.6. The monoisotopic (exact) mass is 416 g/mol. The van der Waals surface area contributed by atoms with Gasteiger partial charge in [0.1, 0.15) is 11.4 Å². The number of imide groups is 1. The van der Waals surface area contributed by atoms with Crippen LogP contribution >= 0.6 is 15.9 Å². The Balaban J connectivity index is 1.96. The molecule has 3 rings (SSSR count). The summed E-state index contributed by atoms with van der Waals surface area (Å²) < 4.78 is 6.63. The average molecular weight is 417 g/mol. The number of hydrogen-bond donors (Lipinski definition) is 3. The lowest BCUT2D eigenvalue weighted by Gasteiger charge is -2.14. The summed E-state index contributed by atoms with van der Waals surface area (Å²) in [7, 11) is 0. The van der Waals surface area contributed by atoms with Gasteiger partial charge in [-0.2, -0.15) is 0 Å². The van der Waals surface area contributed by atoms with Crippen molar-refractivity contribution in [3.8, 4) is 5.75 Å². The third-order valence-electron chi connectivity index (χ3n) is 3.86. The fraction of sp³-hybridized carbons (Fsp3) is 0.158. The van der Waals surface area contributed by atoms with Crippen molar-refractivity contribution in [2.75, 3.05) is 6.61 Å². The maximum Gasteiger partial charge on any atom is 0.326 e. The number of hydrogen-bond acceptors (Lipinski definition) is 4. The highest BCUT2D eigenvalue weighted by Gasteiger charge is 2.23. The first kappa shape index (κ1) is 18.0. The fourth-order valence-corrected chi connectivity index (χ4v) is 3.27. The average Bonchev–Trinajstić information content (AvgIpc) is 2.91. The quantitative estimate of drug-likeness (QED) is 0.287. The van der Waals surface area contributed by atoms with Crippen LogP contribution in [0.15, 0.2) is 52.8 Å². The number of amides is 3. The van der Waals surface area contributed by atoms with Crippen LogP contribution in [0.4, 0.5) is 4.79 Å². The van der Waals surface area contributed by atoms with Crippen LogP contribution in [0, 0.1) is 0 Å². The molecule has 0 bridgehead atoms. The van der Waals surface area contributed by atoms with E-state index in [4.69, 9.17) is 9.84 Å². The molecular weight excluding hydrogens is 400 g/mol. The molecule has 2 aromatic carbocycles. The molecule has 1 saturated heterocycles. The number of carbonyl (C=O) groups is 2. The summed E-state index contributed by atoms with van der Waals surface area (Å²) in [5.74, 6) is 0.363. The van der Waals surface area contributed by atoms with Crippen LogP contribution in [0.5, 0.6) is 5.75 Å². The molecule has 0 atom stereocenters. The first-order valence-corrected chi connectivity index (χ1v) is 8.80.